The minimum absolute atomic E-state index is 0.129. The number of nitrogens with one attached hydrogen (secondary N) is 1. The number of furan rings is 1. The van der Waals surface area contributed by atoms with Gasteiger partial charge in [0, 0.05) is 11.3 Å². The smallest absolute Gasteiger partial charge is 0.338 e. The van der Waals surface area contributed by atoms with Gasteiger partial charge in [-0.1, -0.05) is 80.2 Å². The standard InChI is InChI=1S/C31H31N3O4S/c1-4-37-30(36)27-28(22-9-6-5-7-10-22)33-31-34(29(27)23-14-12-21(13-15-23)20(2)3)24(19-39-31)17-26(35)32-18-25-11-8-16-38-25/h5-16,19-20,29H,4,17-18H2,1-3H3,(H,32,35)/t29-/m0/s1. The number of amides is 1. The molecule has 0 fully saturated rings. The van der Waals surface area contributed by atoms with Crippen molar-refractivity contribution >= 4 is 34.5 Å². The number of nitrogens with zero attached hydrogens (tertiary/aromatic N) is 2. The number of hydrogen-bond donors (Lipinski definition) is 1. The summed E-state index contributed by atoms with van der Waals surface area (Å²) in [4.78, 5) is 33.5. The number of amidine groups is 1. The van der Waals surface area contributed by atoms with E-state index < -0.39 is 12.0 Å². The van der Waals surface area contributed by atoms with Gasteiger partial charge in [0.25, 0.3) is 0 Å². The van der Waals surface area contributed by atoms with Gasteiger partial charge in [-0.15, -0.1) is 0 Å². The van der Waals surface area contributed by atoms with Crippen molar-refractivity contribution in [2.75, 3.05) is 6.61 Å². The number of carbonyl (C=O) groups excluding carboxylic acids is 2. The molecule has 1 aromatic heterocycles. The van der Waals surface area contributed by atoms with E-state index in [0.29, 0.717) is 34.7 Å². The molecule has 1 amide bonds. The van der Waals surface area contributed by atoms with E-state index in [4.69, 9.17) is 14.1 Å². The van der Waals surface area contributed by atoms with E-state index in [1.54, 1.807) is 19.3 Å². The van der Waals surface area contributed by atoms with Crippen LogP contribution in [0.5, 0.6) is 0 Å². The first-order valence-corrected chi connectivity index (χ1v) is 13.9. The van der Waals surface area contributed by atoms with Crippen molar-refractivity contribution in [2.24, 2.45) is 4.99 Å². The second-order valence-corrected chi connectivity index (χ2v) is 10.4. The van der Waals surface area contributed by atoms with Gasteiger partial charge >= 0.3 is 5.97 Å². The molecular weight excluding hydrogens is 510 g/mol. The van der Waals surface area contributed by atoms with Crippen LogP contribution in [0.25, 0.3) is 5.70 Å². The summed E-state index contributed by atoms with van der Waals surface area (Å²) >= 11 is 1.45. The third kappa shape index (κ3) is 5.71. The number of fused-ring (bicyclic) bond motifs is 1. The molecule has 2 aromatic carbocycles. The second kappa shape index (κ2) is 11.8. The first-order chi connectivity index (χ1) is 19.0. The number of esters is 1. The lowest BCUT2D eigenvalue weighted by Crippen LogP contribution is -2.38. The Bertz CT molecular complexity index is 1420. The van der Waals surface area contributed by atoms with Gasteiger partial charge in [-0.2, -0.15) is 0 Å². The Morgan fingerprint density at radius 3 is 2.51 bits per heavy atom. The average Bonchev–Trinajstić information content (AvgIpc) is 3.62. The van der Waals surface area contributed by atoms with Gasteiger partial charge in [0.15, 0.2) is 5.17 Å². The van der Waals surface area contributed by atoms with Gasteiger partial charge in [0.1, 0.15) is 5.76 Å². The van der Waals surface area contributed by atoms with Crippen molar-refractivity contribution in [3.63, 3.8) is 0 Å². The molecule has 3 heterocycles. The molecule has 0 saturated heterocycles. The molecule has 7 nitrogen and oxygen atoms in total. The quantitative estimate of drug-likeness (QED) is 0.316. The fourth-order valence-corrected chi connectivity index (χ4v) is 5.61. The normalized spacial score (nSPS) is 16.6. The third-order valence-corrected chi connectivity index (χ3v) is 7.54. The van der Waals surface area contributed by atoms with Crippen LogP contribution in [0, 0.1) is 0 Å². The fraction of sp³-hybridized carbons (Fsp3) is 0.258. The van der Waals surface area contributed by atoms with Crippen LogP contribution in [-0.4, -0.2) is 28.6 Å². The van der Waals surface area contributed by atoms with Crippen molar-refractivity contribution in [1.82, 2.24) is 10.2 Å². The molecule has 0 bridgehead atoms. The molecule has 39 heavy (non-hydrogen) atoms. The van der Waals surface area contributed by atoms with Crippen LogP contribution in [0.2, 0.25) is 0 Å². The molecule has 0 unspecified atom stereocenters. The highest BCUT2D eigenvalue weighted by atomic mass is 32.2. The number of hydrogen-bond acceptors (Lipinski definition) is 7. The summed E-state index contributed by atoms with van der Waals surface area (Å²) in [6, 6.07) is 21.1. The Balaban J connectivity index is 1.55. The Hall–Kier alpha value is -4.04. The van der Waals surface area contributed by atoms with E-state index in [1.807, 2.05) is 46.7 Å². The zero-order valence-corrected chi connectivity index (χ0v) is 23.0. The zero-order valence-electron chi connectivity index (χ0n) is 22.2. The fourth-order valence-electron chi connectivity index (χ4n) is 4.69. The maximum absolute atomic E-state index is 13.6. The highest BCUT2D eigenvalue weighted by Crippen LogP contribution is 2.47. The van der Waals surface area contributed by atoms with Crippen LogP contribution >= 0.6 is 11.8 Å². The van der Waals surface area contributed by atoms with E-state index >= 15 is 0 Å². The van der Waals surface area contributed by atoms with Crippen LogP contribution in [0.4, 0.5) is 0 Å². The number of thioether (sulfide) groups is 1. The van der Waals surface area contributed by atoms with Crippen molar-refractivity contribution < 1.29 is 18.7 Å². The summed E-state index contributed by atoms with van der Waals surface area (Å²) < 4.78 is 10.9. The van der Waals surface area contributed by atoms with Gasteiger partial charge in [-0.05, 0) is 41.5 Å². The molecule has 0 aliphatic carbocycles. The van der Waals surface area contributed by atoms with E-state index in [1.165, 1.54) is 17.3 Å². The van der Waals surface area contributed by atoms with Crippen LogP contribution in [0.15, 0.2) is 99.1 Å². The summed E-state index contributed by atoms with van der Waals surface area (Å²) in [6.45, 7) is 6.64. The molecule has 2 aliphatic rings. The SMILES string of the molecule is CCOC(=O)C1=C(c2ccccc2)N=C2SC=C(CC(=O)NCc3ccco3)N2[C@H]1c1ccc(C(C)C)cc1. The number of ether oxygens (including phenoxy) is 1. The lowest BCUT2D eigenvalue weighted by Gasteiger charge is -2.37. The monoisotopic (exact) mass is 541 g/mol. The molecule has 1 atom stereocenters. The molecule has 5 rings (SSSR count). The predicted molar refractivity (Wildman–Crippen MR) is 153 cm³/mol. The molecule has 0 radical (unpaired) electrons. The van der Waals surface area contributed by atoms with Gasteiger partial charge in [0.05, 0.1) is 43.1 Å². The number of carbonyl (C=O) groups is 2. The van der Waals surface area contributed by atoms with Gasteiger partial charge < -0.3 is 19.4 Å². The molecule has 3 aromatic rings. The summed E-state index contributed by atoms with van der Waals surface area (Å²) in [7, 11) is 0. The summed E-state index contributed by atoms with van der Waals surface area (Å²) in [5, 5.41) is 5.58. The minimum Gasteiger partial charge on any atom is -0.467 e. The maximum Gasteiger partial charge on any atom is 0.338 e. The van der Waals surface area contributed by atoms with Gasteiger partial charge in [0.2, 0.25) is 5.91 Å². The Morgan fingerprint density at radius 1 is 1.08 bits per heavy atom. The Labute approximate surface area is 232 Å². The molecule has 1 N–H and O–H groups in total. The van der Waals surface area contributed by atoms with Crippen molar-refractivity contribution in [3.05, 3.63) is 112 Å². The zero-order chi connectivity index (χ0) is 27.4. The lowest BCUT2D eigenvalue weighted by molar-refractivity contribution is -0.139. The van der Waals surface area contributed by atoms with E-state index in [0.717, 1.165) is 16.8 Å². The molecular formula is C31H31N3O4S. The van der Waals surface area contributed by atoms with E-state index in [2.05, 4.69) is 43.4 Å². The Kier molecular flexibility index (Phi) is 8.02. The predicted octanol–water partition coefficient (Wildman–Crippen LogP) is 6.38. The third-order valence-electron chi connectivity index (χ3n) is 6.65. The summed E-state index contributed by atoms with van der Waals surface area (Å²) in [5.41, 5.74) is 4.77. The van der Waals surface area contributed by atoms with Gasteiger partial charge in [-0.25, -0.2) is 9.79 Å². The van der Waals surface area contributed by atoms with Crippen molar-refractivity contribution in [3.8, 4) is 0 Å². The molecule has 0 saturated carbocycles. The van der Waals surface area contributed by atoms with Crippen LogP contribution in [0.3, 0.4) is 0 Å². The van der Waals surface area contributed by atoms with E-state index in [-0.39, 0.29) is 18.9 Å². The first-order valence-electron chi connectivity index (χ1n) is 13.1. The number of aliphatic imine (C=N–C) groups is 1. The molecule has 8 heteroatoms. The number of benzene rings is 2. The topological polar surface area (TPSA) is 84.1 Å². The maximum atomic E-state index is 13.6. The van der Waals surface area contributed by atoms with Crippen molar-refractivity contribution in [2.45, 2.75) is 45.7 Å². The number of rotatable bonds is 9. The largest absolute Gasteiger partial charge is 0.467 e. The second-order valence-electron chi connectivity index (χ2n) is 9.60. The molecule has 2 aliphatic heterocycles. The summed E-state index contributed by atoms with van der Waals surface area (Å²) in [5.74, 6) is 0.485. The molecule has 0 spiro atoms. The molecule has 200 valence electrons. The summed E-state index contributed by atoms with van der Waals surface area (Å²) in [6.07, 6.45) is 1.71. The highest BCUT2D eigenvalue weighted by Gasteiger charge is 2.42. The van der Waals surface area contributed by atoms with Gasteiger partial charge in [-0.3, -0.25) is 4.79 Å². The lowest BCUT2D eigenvalue weighted by atomic mass is 9.90. The highest BCUT2D eigenvalue weighted by molar-refractivity contribution is 8.16. The van der Waals surface area contributed by atoms with Crippen molar-refractivity contribution in [1.29, 1.82) is 0 Å². The van der Waals surface area contributed by atoms with Crippen LogP contribution < -0.4 is 5.32 Å². The van der Waals surface area contributed by atoms with E-state index in [9.17, 15) is 9.59 Å². The average molecular weight is 542 g/mol. The first kappa shape index (κ1) is 26.6. The Morgan fingerprint density at radius 2 is 1.85 bits per heavy atom. The van der Waals surface area contributed by atoms with Crippen LogP contribution in [0.1, 0.15) is 61.6 Å². The minimum atomic E-state index is -0.507. The van der Waals surface area contributed by atoms with Crippen LogP contribution in [-0.2, 0) is 20.9 Å².